The summed E-state index contributed by atoms with van der Waals surface area (Å²) >= 11 is 3.30. The topological polar surface area (TPSA) is 51.0 Å². The van der Waals surface area contributed by atoms with Crippen molar-refractivity contribution in [3.63, 3.8) is 0 Å². The molecule has 0 N–H and O–H groups in total. The van der Waals surface area contributed by atoms with Crippen LogP contribution in [0.4, 0.5) is 0 Å². The zero-order chi connectivity index (χ0) is 13.1. The zero-order valence-electron chi connectivity index (χ0n) is 10.2. The van der Waals surface area contributed by atoms with E-state index in [4.69, 9.17) is 0 Å². The fourth-order valence-corrected chi connectivity index (χ4v) is 1.95. The van der Waals surface area contributed by atoms with Gasteiger partial charge in [0.15, 0.2) is 0 Å². The molecule has 0 saturated heterocycles. The standard InChI is InChI=1S/C12H13BrN4O/c1-16-4-3-15-11(16)8-17(2)12(18)9-5-10(13)7-14-6-9/h3-7H,8H2,1-2H3. The molecule has 0 aliphatic carbocycles. The highest BCUT2D eigenvalue weighted by atomic mass is 79.9. The van der Waals surface area contributed by atoms with Crippen molar-refractivity contribution in [2.24, 2.45) is 7.05 Å². The molecule has 0 aromatic carbocycles. The van der Waals surface area contributed by atoms with Crippen molar-refractivity contribution in [2.45, 2.75) is 6.54 Å². The number of rotatable bonds is 3. The third-order valence-corrected chi connectivity index (χ3v) is 3.03. The Morgan fingerprint density at radius 2 is 2.28 bits per heavy atom. The Balaban J connectivity index is 2.12. The first kappa shape index (κ1) is 12.8. The van der Waals surface area contributed by atoms with E-state index in [0.717, 1.165) is 10.3 Å². The van der Waals surface area contributed by atoms with Crippen LogP contribution in [-0.2, 0) is 13.6 Å². The Morgan fingerprint density at radius 1 is 1.50 bits per heavy atom. The minimum absolute atomic E-state index is 0.0770. The van der Waals surface area contributed by atoms with Gasteiger partial charge in [0.25, 0.3) is 5.91 Å². The second kappa shape index (κ2) is 5.30. The molecule has 0 aliphatic heterocycles. The van der Waals surface area contributed by atoms with Crippen LogP contribution in [-0.4, -0.2) is 32.4 Å². The van der Waals surface area contributed by atoms with E-state index in [1.54, 1.807) is 36.6 Å². The van der Waals surface area contributed by atoms with Crippen LogP contribution in [0, 0.1) is 0 Å². The fourth-order valence-electron chi connectivity index (χ4n) is 1.58. The van der Waals surface area contributed by atoms with Crippen LogP contribution >= 0.6 is 15.9 Å². The van der Waals surface area contributed by atoms with E-state index in [9.17, 15) is 4.79 Å². The number of carbonyl (C=O) groups excluding carboxylic acids is 1. The average molecular weight is 309 g/mol. The lowest BCUT2D eigenvalue weighted by atomic mass is 10.2. The Morgan fingerprint density at radius 3 is 2.89 bits per heavy atom. The molecule has 0 radical (unpaired) electrons. The number of nitrogens with zero attached hydrogens (tertiary/aromatic N) is 4. The van der Waals surface area contributed by atoms with Crippen molar-refractivity contribution < 1.29 is 4.79 Å². The molecule has 0 atom stereocenters. The second-order valence-electron chi connectivity index (χ2n) is 4.01. The Labute approximate surface area is 114 Å². The van der Waals surface area contributed by atoms with Crippen LogP contribution in [0.5, 0.6) is 0 Å². The molecule has 0 bridgehead atoms. The fraction of sp³-hybridized carbons (Fsp3) is 0.250. The lowest BCUT2D eigenvalue weighted by molar-refractivity contribution is 0.0780. The minimum atomic E-state index is -0.0770. The summed E-state index contributed by atoms with van der Waals surface area (Å²) in [4.78, 5) is 22.0. The van der Waals surface area contributed by atoms with Crippen LogP contribution in [0.2, 0.25) is 0 Å². The van der Waals surface area contributed by atoms with Crippen LogP contribution in [0.25, 0.3) is 0 Å². The summed E-state index contributed by atoms with van der Waals surface area (Å²) in [6, 6.07) is 1.75. The van der Waals surface area contributed by atoms with Gasteiger partial charge in [-0.25, -0.2) is 4.98 Å². The summed E-state index contributed by atoms with van der Waals surface area (Å²) in [5.41, 5.74) is 0.557. The van der Waals surface area contributed by atoms with Gasteiger partial charge in [0.2, 0.25) is 0 Å². The van der Waals surface area contributed by atoms with Gasteiger partial charge in [-0.05, 0) is 22.0 Å². The molecule has 0 saturated carbocycles. The van der Waals surface area contributed by atoms with Gasteiger partial charge in [0.1, 0.15) is 5.82 Å². The maximum Gasteiger partial charge on any atom is 0.255 e. The number of aryl methyl sites for hydroxylation is 1. The first-order valence-electron chi connectivity index (χ1n) is 5.40. The second-order valence-corrected chi connectivity index (χ2v) is 4.92. The number of hydrogen-bond donors (Lipinski definition) is 0. The largest absolute Gasteiger partial charge is 0.337 e. The van der Waals surface area contributed by atoms with E-state index in [1.807, 2.05) is 17.8 Å². The number of hydrogen-bond acceptors (Lipinski definition) is 3. The highest BCUT2D eigenvalue weighted by molar-refractivity contribution is 9.10. The Hall–Kier alpha value is -1.69. The number of carbonyl (C=O) groups is 1. The van der Waals surface area contributed by atoms with Crippen LogP contribution in [0.1, 0.15) is 16.2 Å². The van der Waals surface area contributed by atoms with Gasteiger partial charge in [0, 0.05) is 43.4 Å². The Bertz CT molecular complexity index is 567. The molecule has 6 heteroatoms. The summed E-state index contributed by atoms with van der Waals surface area (Å²) < 4.78 is 2.68. The van der Waals surface area contributed by atoms with E-state index in [1.165, 1.54) is 0 Å². The van der Waals surface area contributed by atoms with Gasteiger partial charge in [-0.3, -0.25) is 9.78 Å². The summed E-state index contributed by atoms with van der Waals surface area (Å²) in [5.74, 6) is 0.764. The quantitative estimate of drug-likeness (QED) is 0.869. The third kappa shape index (κ3) is 2.76. The maximum atomic E-state index is 12.2. The Kier molecular flexibility index (Phi) is 3.76. The first-order chi connectivity index (χ1) is 8.58. The summed E-state index contributed by atoms with van der Waals surface area (Å²) in [6.07, 6.45) is 6.78. The van der Waals surface area contributed by atoms with E-state index in [2.05, 4.69) is 25.9 Å². The van der Waals surface area contributed by atoms with Gasteiger partial charge in [-0.1, -0.05) is 0 Å². The molecule has 0 unspecified atom stereocenters. The predicted molar refractivity (Wildman–Crippen MR) is 70.9 cm³/mol. The number of pyridine rings is 1. The molecule has 18 heavy (non-hydrogen) atoms. The number of halogens is 1. The molecule has 2 aromatic heterocycles. The number of imidazole rings is 1. The monoisotopic (exact) mass is 308 g/mol. The van der Waals surface area contributed by atoms with Crippen LogP contribution in [0.15, 0.2) is 35.3 Å². The molecule has 2 heterocycles. The van der Waals surface area contributed by atoms with Gasteiger partial charge >= 0.3 is 0 Å². The molecule has 94 valence electrons. The molecule has 5 nitrogen and oxygen atoms in total. The van der Waals surface area contributed by atoms with E-state index >= 15 is 0 Å². The van der Waals surface area contributed by atoms with Crippen molar-refractivity contribution in [1.82, 2.24) is 19.4 Å². The lowest BCUT2D eigenvalue weighted by Crippen LogP contribution is -2.27. The molecule has 0 aliphatic rings. The highest BCUT2D eigenvalue weighted by Crippen LogP contribution is 2.12. The molecule has 1 amide bonds. The predicted octanol–water partition coefficient (Wildman–Crippen LogP) is 1.85. The highest BCUT2D eigenvalue weighted by Gasteiger charge is 2.14. The zero-order valence-corrected chi connectivity index (χ0v) is 11.8. The summed E-state index contributed by atoms with van der Waals surface area (Å²) in [7, 11) is 3.65. The normalized spacial score (nSPS) is 10.4. The van der Waals surface area contributed by atoms with Crippen LogP contribution in [0.3, 0.4) is 0 Å². The van der Waals surface area contributed by atoms with Gasteiger partial charge in [-0.2, -0.15) is 0 Å². The molecule has 0 spiro atoms. The molecule has 0 fully saturated rings. The summed E-state index contributed by atoms with van der Waals surface area (Å²) in [6.45, 7) is 0.467. The molecule has 2 rings (SSSR count). The van der Waals surface area contributed by atoms with Crippen molar-refractivity contribution >= 4 is 21.8 Å². The van der Waals surface area contributed by atoms with E-state index in [-0.39, 0.29) is 5.91 Å². The lowest BCUT2D eigenvalue weighted by Gasteiger charge is -2.16. The smallest absolute Gasteiger partial charge is 0.255 e. The minimum Gasteiger partial charge on any atom is -0.337 e. The van der Waals surface area contributed by atoms with Crippen molar-refractivity contribution in [2.75, 3.05) is 7.05 Å². The van der Waals surface area contributed by atoms with Gasteiger partial charge in [-0.15, -0.1) is 0 Å². The van der Waals surface area contributed by atoms with E-state index < -0.39 is 0 Å². The number of amides is 1. The number of aromatic nitrogens is 3. The molecular formula is C12H13BrN4O. The average Bonchev–Trinajstić information content (AvgIpc) is 2.74. The molecule has 2 aromatic rings. The van der Waals surface area contributed by atoms with Crippen molar-refractivity contribution in [1.29, 1.82) is 0 Å². The first-order valence-corrected chi connectivity index (χ1v) is 6.19. The van der Waals surface area contributed by atoms with Crippen molar-refractivity contribution in [3.05, 3.63) is 46.7 Å². The SMILES string of the molecule is CN(Cc1nccn1C)C(=O)c1cncc(Br)c1. The van der Waals surface area contributed by atoms with E-state index in [0.29, 0.717) is 12.1 Å². The third-order valence-electron chi connectivity index (χ3n) is 2.60. The van der Waals surface area contributed by atoms with Crippen LogP contribution < -0.4 is 0 Å². The molecular weight excluding hydrogens is 296 g/mol. The van der Waals surface area contributed by atoms with Gasteiger partial charge in [0.05, 0.1) is 12.1 Å². The van der Waals surface area contributed by atoms with Gasteiger partial charge < -0.3 is 9.47 Å². The van der Waals surface area contributed by atoms with Crippen molar-refractivity contribution in [3.8, 4) is 0 Å². The summed E-state index contributed by atoms with van der Waals surface area (Å²) in [5, 5.41) is 0. The maximum absolute atomic E-state index is 12.2.